The topological polar surface area (TPSA) is 54.9 Å². The molecule has 7 heteroatoms. The normalized spacial score (nSPS) is 10.2. The second kappa shape index (κ2) is 5.44. The van der Waals surface area contributed by atoms with E-state index in [0.717, 1.165) is 5.01 Å². The lowest BCUT2D eigenvalue weighted by atomic mass is 10.2. The van der Waals surface area contributed by atoms with Gasteiger partial charge in [0, 0.05) is 17.8 Å². The minimum Gasteiger partial charge on any atom is -0.345 e. The van der Waals surface area contributed by atoms with Crippen molar-refractivity contribution >= 4 is 40.4 Å². The Morgan fingerprint density at radius 2 is 2.24 bits per heavy atom. The van der Waals surface area contributed by atoms with E-state index in [-0.39, 0.29) is 16.1 Å². The van der Waals surface area contributed by atoms with Gasteiger partial charge in [0.15, 0.2) is 0 Å². The summed E-state index contributed by atoms with van der Waals surface area (Å²) in [6, 6.07) is 1.43. The van der Waals surface area contributed by atoms with Crippen LogP contribution < -0.4 is 5.32 Å². The molecular formula is C10H7Cl2N3OS. The Bertz CT molecular complexity index is 530. The van der Waals surface area contributed by atoms with Crippen LogP contribution in [-0.4, -0.2) is 15.9 Å². The molecule has 0 atom stereocenters. The molecule has 0 aromatic carbocycles. The molecule has 0 aliphatic heterocycles. The molecule has 0 aliphatic carbocycles. The maximum absolute atomic E-state index is 11.8. The van der Waals surface area contributed by atoms with Gasteiger partial charge in [-0.25, -0.2) is 9.97 Å². The van der Waals surface area contributed by atoms with E-state index >= 15 is 0 Å². The first-order valence-electron chi connectivity index (χ1n) is 4.64. The van der Waals surface area contributed by atoms with Gasteiger partial charge in [-0.05, 0) is 6.07 Å². The van der Waals surface area contributed by atoms with Gasteiger partial charge >= 0.3 is 0 Å². The summed E-state index contributed by atoms with van der Waals surface area (Å²) in [5, 5.41) is 5.88. The highest BCUT2D eigenvalue weighted by Crippen LogP contribution is 2.18. The molecule has 1 N–H and O–H groups in total. The SMILES string of the molecule is O=C(NCc1nccs1)c1cc(Cl)ncc1Cl. The van der Waals surface area contributed by atoms with Crippen LogP contribution in [0.1, 0.15) is 15.4 Å². The Morgan fingerprint density at radius 3 is 2.94 bits per heavy atom. The first-order valence-corrected chi connectivity index (χ1v) is 6.28. The van der Waals surface area contributed by atoms with E-state index in [4.69, 9.17) is 23.2 Å². The number of rotatable bonds is 3. The lowest BCUT2D eigenvalue weighted by Gasteiger charge is -2.05. The molecule has 2 aromatic heterocycles. The van der Waals surface area contributed by atoms with Crippen molar-refractivity contribution in [2.24, 2.45) is 0 Å². The minimum atomic E-state index is -0.297. The molecule has 0 saturated carbocycles. The Labute approximate surface area is 112 Å². The fraction of sp³-hybridized carbons (Fsp3) is 0.100. The molecule has 88 valence electrons. The maximum atomic E-state index is 11.8. The molecule has 2 aromatic rings. The number of hydrogen-bond acceptors (Lipinski definition) is 4. The Balaban J connectivity index is 2.07. The van der Waals surface area contributed by atoms with Crippen molar-refractivity contribution in [1.82, 2.24) is 15.3 Å². The van der Waals surface area contributed by atoms with Crippen molar-refractivity contribution in [3.8, 4) is 0 Å². The van der Waals surface area contributed by atoms with Crippen molar-refractivity contribution in [2.45, 2.75) is 6.54 Å². The lowest BCUT2D eigenvalue weighted by Crippen LogP contribution is -2.23. The van der Waals surface area contributed by atoms with Gasteiger partial charge in [0.25, 0.3) is 5.91 Å². The number of thiazole rings is 1. The highest BCUT2D eigenvalue weighted by atomic mass is 35.5. The van der Waals surface area contributed by atoms with Crippen LogP contribution >= 0.6 is 34.5 Å². The van der Waals surface area contributed by atoms with E-state index < -0.39 is 0 Å². The predicted octanol–water partition coefficient (Wildman–Crippen LogP) is 2.77. The second-order valence-corrected chi connectivity index (χ2v) is 4.87. The number of aromatic nitrogens is 2. The molecule has 0 spiro atoms. The van der Waals surface area contributed by atoms with Crippen LogP contribution in [0, 0.1) is 0 Å². The molecule has 0 aliphatic rings. The van der Waals surface area contributed by atoms with Gasteiger partial charge < -0.3 is 5.32 Å². The Hall–Kier alpha value is -1.17. The first-order chi connectivity index (χ1) is 8.16. The number of carbonyl (C=O) groups excluding carboxylic acids is 1. The Morgan fingerprint density at radius 1 is 1.41 bits per heavy atom. The molecule has 0 saturated heterocycles. The number of halogens is 2. The Kier molecular flexibility index (Phi) is 3.93. The molecule has 0 unspecified atom stereocenters. The lowest BCUT2D eigenvalue weighted by molar-refractivity contribution is 0.0951. The first kappa shape index (κ1) is 12.3. The van der Waals surface area contributed by atoms with Crippen LogP contribution in [0.2, 0.25) is 10.2 Å². The van der Waals surface area contributed by atoms with E-state index in [1.54, 1.807) is 6.20 Å². The largest absolute Gasteiger partial charge is 0.345 e. The predicted molar refractivity (Wildman–Crippen MR) is 67.5 cm³/mol. The van der Waals surface area contributed by atoms with Crippen molar-refractivity contribution < 1.29 is 4.79 Å². The number of carbonyl (C=O) groups is 1. The average Bonchev–Trinajstić information content (AvgIpc) is 2.82. The zero-order valence-corrected chi connectivity index (χ0v) is 10.8. The number of pyridine rings is 1. The number of hydrogen-bond donors (Lipinski definition) is 1. The minimum absolute atomic E-state index is 0.230. The quantitative estimate of drug-likeness (QED) is 0.884. The smallest absolute Gasteiger partial charge is 0.253 e. The third kappa shape index (κ3) is 3.15. The standard InChI is InChI=1S/C10H7Cl2N3OS/c11-7-4-14-8(12)3-6(7)10(16)15-5-9-13-1-2-17-9/h1-4H,5H2,(H,15,16). The van der Waals surface area contributed by atoms with E-state index in [0.29, 0.717) is 12.1 Å². The molecular weight excluding hydrogens is 281 g/mol. The molecule has 2 rings (SSSR count). The molecule has 0 bridgehead atoms. The summed E-state index contributed by atoms with van der Waals surface area (Å²) in [5.74, 6) is -0.297. The van der Waals surface area contributed by atoms with Crippen LogP contribution in [0.25, 0.3) is 0 Å². The number of amides is 1. The summed E-state index contributed by atoms with van der Waals surface area (Å²) in [7, 11) is 0. The van der Waals surface area contributed by atoms with Crippen LogP contribution in [-0.2, 0) is 6.54 Å². The monoisotopic (exact) mass is 287 g/mol. The van der Waals surface area contributed by atoms with E-state index in [2.05, 4.69) is 15.3 Å². The van der Waals surface area contributed by atoms with Gasteiger partial charge in [-0.3, -0.25) is 4.79 Å². The van der Waals surface area contributed by atoms with Crippen molar-refractivity contribution in [3.63, 3.8) is 0 Å². The van der Waals surface area contributed by atoms with Gasteiger partial charge in [-0.2, -0.15) is 0 Å². The zero-order chi connectivity index (χ0) is 12.3. The third-order valence-electron chi connectivity index (χ3n) is 1.95. The fourth-order valence-corrected chi connectivity index (χ4v) is 2.08. The van der Waals surface area contributed by atoms with Gasteiger partial charge in [0.1, 0.15) is 10.2 Å². The fourth-order valence-electron chi connectivity index (χ4n) is 1.18. The average molecular weight is 288 g/mol. The molecule has 4 nitrogen and oxygen atoms in total. The van der Waals surface area contributed by atoms with Crippen molar-refractivity contribution in [3.05, 3.63) is 44.6 Å². The van der Waals surface area contributed by atoms with Crippen molar-refractivity contribution in [1.29, 1.82) is 0 Å². The van der Waals surface area contributed by atoms with E-state index in [9.17, 15) is 4.79 Å². The van der Waals surface area contributed by atoms with Crippen molar-refractivity contribution in [2.75, 3.05) is 0 Å². The summed E-state index contributed by atoms with van der Waals surface area (Å²) in [6.45, 7) is 0.368. The zero-order valence-electron chi connectivity index (χ0n) is 8.48. The number of nitrogens with zero attached hydrogens (tertiary/aromatic N) is 2. The van der Waals surface area contributed by atoms with Gasteiger partial charge in [0.05, 0.1) is 17.1 Å². The summed E-state index contributed by atoms with van der Waals surface area (Å²) < 4.78 is 0. The molecule has 17 heavy (non-hydrogen) atoms. The van der Waals surface area contributed by atoms with Crippen LogP contribution in [0.15, 0.2) is 23.8 Å². The van der Waals surface area contributed by atoms with E-state index in [1.165, 1.54) is 23.6 Å². The van der Waals surface area contributed by atoms with Crippen LogP contribution in [0.4, 0.5) is 0 Å². The summed E-state index contributed by atoms with van der Waals surface area (Å²) in [4.78, 5) is 19.6. The molecule has 0 fully saturated rings. The van der Waals surface area contributed by atoms with Gasteiger partial charge in [-0.1, -0.05) is 23.2 Å². The summed E-state index contributed by atoms with van der Waals surface area (Å²) >= 11 is 13.0. The summed E-state index contributed by atoms with van der Waals surface area (Å²) in [5.41, 5.74) is 0.309. The maximum Gasteiger partial charge on any atom is 0.253 e. The van der Waals surface area contributed by atoms with E-state index in [1.807, 2.05) is 5.38 Å². The molecule has 0 radical (unpaired) electrons. The highest BCUT2D eigenvalue weighted by molar-refractivity contribution is 7.09. The third-order valence-corrected chi connectivity index (χ3v) is 3.24. The number of nitrogens with one attached hydrogen (secondary N) is 1. The van der Waals surface area contributed by atoms with Gasteiger partial charge in [0.2, 0.25) is 0 Å². The molecule has 1 amide bonds. The summed E-state index contributed by atoms with van der Waals surface area (Å²) in [6.07, 6.45) is 3.03. The van der Waals surface area contributed by atoms with Crippen LogP contribution in [0.5, 0.6) is 0 Å². The van der Waals surface area contributed by atoms with Crippen LogP contribution in [0.3, 0.4) is 0 Å². The highest BCUT2D eigenvalue weighted by Gasteiger charge is 2.11. The van der Waals surface area contributed by atoms with Gasteiger partial charge in [-0.15, -0.1) is 11.3 Å². The second-order valence-electron chi connectivity index (χ2n) is 3.10. The molecule has 2 heterocycles.